The fourth-order valence-electron chi connectivity index (χ4n) is 2.11. The largest absolute Gasteiger partial charge is 0.348 e. The molecule has 0 heterocycles. The van der Waals surface area contributed by atoms with E-state index in [-0.39, 0.29) is 11.9 Å². The molecule has 1 atom stereocenters. The van der Waals surface area contributed by atoms with Gasteiger partial charge in [0.05, 0.1) is 5.56 Å². The molecule has 2 aromatic rings. The molecule has 0 saturated carbocycles. The van der Waals surface area contributed by atoms with Gasteiger partial charge in [-0.15, -0.1) is 0 Å². The molecule has 2 nitrogen and oxygen atoms in total. The molecule has 0 aliphatic carbocycles. The molecule has 0 saturated heterocycles. The van der Waals surface area contributed by atoms with Crippen LogP contribution in [0.3, 0.4) is 0 Å². The van der Waals surface area contributed by atoms with E-state index >= 15 is 0 Å². The van der Waals surface area contributed by atoms with Crippen molar-refractivity contribution in [3.8, 4) is 0 Å². The van der Waals surface area contributed by atoms with E-state index in [0.717, 1.165) is 21.8 Å². The number of nitrogens with one attached hydrogen (secondary N) is 1. The van der Waals surface area contributed by atoms with Crippen LogP contribution in [0.5, 0.6) is 0 Å². The van der Waals surface area contributed by atoms with Gasteiger partial charge in [-0.3, -0.25) is 4.79 Å². The van der Waals surface area contributed by atoms with Crippen LogP contribution in [0.25, 0.3) is 0 Å². The fraction of sp³-hybridized carbons (Fsp3) is 0.235. The minimum atomic E-state index is -0.0535. The Labute approximate surface area is 142 Å². The number of hydrogen-bond donors (Lipinski definition) is 1. The lowest BCUT2D eigenvalue weighted by Gasteiger charge is -2.17. The third kappa shape index (κ3) is 4.68. The van der Waals surface area contributed by atoms with E-state index in [2.05, 4.69) is 49.3 Å². The summed E-state index contributed by atoms with van der Waals surface area (Å²) < 4.78 is 0.827. The van der Waals surface area contributed by atoms with Crippen molar-refractivity contribution in [3.63, 3.8) is 0 Å². The molecule has 0 bridgehead atoms. The zero-order valence-electron chi connectivity index (χ0n) is 11.8. The van der Waals surface area contributed by atoms with Gasteiger partial charge in [0.2, 0.25) is 0 Å². The summed E-state index contributed by atoms with van der Waals surface area (Å²) in [5, 5.41) is 3.80. The third-order valence-electron chi connectivity index (χ3n) is 3.22. The molecular weight excluding hydrogens is 394 g/mol. The van der Waals surface area contributed by atoms with E-state index in [4.69, 9.17) is 0 Å². The molecule has 0 fully saturated rings. The second-order valence-corrected chi connectivity index (χ2v) is 6.50. The van der Waals surface area contributed by atoms with Gasteiger partial charge in [-0.1, -0.05) is 52.3 Å². The Hall–Kier alpha value is -1.13. The molecular formula is C17H17Br2NO. The molecule has 1 N–H and O–H groups in total. The maximum Gasteiger partial charge on any atom is 0.252 e. The Kier molecular flexibility index (Phi) is 6.00. The summed E-state index contributed by atoms with van der Waals surface area (Å²) >= 11 is 6.93. The van der Waals surface area contributed by atoms with Gasteiger partial charge in [0.25, 0.3) is 5.91 Å². The molecule has 4 heteroatoms. The van der Waals surface area contributed by atoms with Crippen LogP contribution in [0.1, 0.15) is 21.5 Å². The maximum atomic E-state index is 12.4. The van der Waals surface area contributed by atoms with E-state index in [9.17, 15) is 4.79 Å². The van der Waals surface area contributed by atoms with Crippen molar-refractivity contribution in [2.24, 2.45) is 0 Å². The molecule has 0 aliphatic rings. The molecule has 1 unspecified atom stereocenters. The van der Waals surface area contributed by atoms with Crippen LogP contribution in [-0.4, -0.2) is 17.3 Å². The number of halogens is 2. The second-order valence-electron chi connectivity index (χ2n) is 5.00. The van der Waals surface area contributed by atoms with Crippen LogP contribution < -0.4 is 5.32 Å². The lowest BCUT2D eigenvalue weighted by Crippen LogP contribution is -2.37. The van der Waals surface area contributed by atoms with E-state index in [1.807, 2.05) is 43.3 Å². The molecule has 21 heavy (non-hydrogen) atoms. The Morgan fingerprint density at radius 3 is 2.52 bits per heavy atom. The highest BCUT2D eigenvalue weighted by Gasteiger charge is 2.15. The number of aryl methyl sites for hydroxylation is 1. The summed E-state index contributed by atoms with van der Waals surface area (Å²) in [7, 11) is 0. The zero-order chi connectivity index (χ0) is 15.2. The first-order valence-electron chi connectivity index (χ1n) is 6.77. The Morgan fingerprint density at radius 1 is 1.19 bits per heavy atom. The highest BCUT2D eigenvalue weighted by atomic mass is 79.9. The van der Waals surface area contributed by atoms with Crippen LogP contribution in [0.15, 0.2) is 53.0 Å². The van der Waals surface area contributed by atoms with E-state index in [1.54, 1.807) is 0 Å². The van der Waals surface area contributed by atoms with Crippen molar-refractivity contribution >= 4 is 37.8 Å². The average Bonchev–Trinajstić information content (AvgIpc) is 2.47. The zero-order valence-corrected chi connectivity index (χ0v) is 14.9. The number of benzene rings is 2. The van der Waals surface area contributed by atoms with Gasteiger partial charge in [-0.25, -0.2) is 0 Å². The summed E-state index contributed by atoms with van der Waals surface area (Å²) in [6.07, 6.45) is 0.807. The predicted octanol–water partition coefficient (Wildman–Crippen LogP) is 4.49. The Bertz CT molecular complexity index is 613. The molecule has 1 amide bonds. The minimum Gasteiger partial charge on any atom is -0.348 e. The third-order valence-corrected chi connectivity index (χ3v) is 4.65. The number of alkyl halides is 1. The van der Waals surface area contributed by atoms with Gasteiger partial charge >= 0.3 is 0 Å². The molecule has 0 radical (unpaired) electrons. The topological polar surface area (TPSA) is 29.1 Å². The van der Waals surface area contributed by atoms with Crippen LogP contribution in [0.2, 0.25) is 0 Å². The quantitative estimate of drug-likeness (QED) is 0.722. The average molecular weight is 411 g/mol. The SMILES string of the molecule is Cc1ccc(C(=O)NC(CBr)Cc2ccccc2)c(Br)c1. The van der Waals surface area contributed by atoms with Gasteiger partial charge in [-0.2, -0.15) is 0 Å². The second kappa shape index (κ2) is 7.76. The van der Waals surface area contributed by atoms with Crippen molar-refractivity contribution in [3.05, 3.63) is 69.7 Å². The number of amides is 1. The van der Waals surface area contributed by atoms with Gasteiger partial charge in [0.1, 0.15) is 0 Å². The van der Waals surface area contributed by atoms with Crippen molar-refractivity contribution in [2.45, 2.75) is 19.4 Å². The number of hydrogen-bond acceptors (Lipinski definition) is 1. The van der Waals surface area contributed by atoms with Crippen LogP contribution in [-0.2, 0) is 6.42 Å². The van der Waals surface area contributed by atoms with Gasteiger partial charge in [0.15, 0.2) is 0 Å². The van der Waals surface area contributed by atoms with Crippen LogP contribution in [0, 0.1) is 6.92 Å². The Balaban J connectivity index is 2.06. The highest BCUT2D eigenvalue weighted by Crippen LogP contribution is 2.18. The van der Waals surface area contributed by atoms with Crippen molar-refractivity contribution in [1.29, 1.82) is 0 Å². The predicted molar refractivity (Wildman–Crippen MR) is 94.1 cm³/mol. The lowest BCUT2D eigenvalue weighted by atomic mass is 10.1. The molecule has 110 valence electrons. The molecule has 2 rings (SSSR count). The number of carbonyl (C=O) groups excluding carboxylic acids is 1. The number of rotatable bonds is 5. The fourth-order valence-corrected chi connectivity index (χ4v) is 3.17. The van der Waals surface area contributed by atoms with Crippen molar-refractivity contribution in [1.82, 2.24) is 5.32 Å². The maximum absolute atomic E-state index is 12.4. The summed E-state index contributed by atoms with van der Waals surface area (Å²) in [4.78, 5) is 12.4. The first-order chi connectivity index (χ1) is 10.1. The normalized spacial score (nSPS) is 12.0. The summed E-state index contributed by atoms with van der Waals surface area (Å²) in [6, 6.07) is 16.0. The van der Waals surface area contributed by atoms with E-state index in [0.29, 0.717) is 5.56 Å². The standard InChI is InChI=1S/C17H17Br2NO/c1-12-7-8-15(16(19)9-12)17(21)20-14(11-18)10-13-5-3-2-4-6-13/h2-9,14H,10-11H2,1H3,(H,20,21). The summed E-state index contributed by atoms with van der Waals surface area (Å²) in [5.41, 5.74) is 3.00. The van der Waals surface area contributed by atoms with Gasteiger partial charge < -0.3 is 5.32 Å². The highest BCUT2D eigenvalue weighted by molar-refractivity contribution is 9.10. The van der Waals surface area contributed by atoms with Crippen LogP contribution >= 0.6 is 31.9 Å². The molecule has 2 aromatic carbocycles. The minimum absolute atomic E-state index is 0.0535. The lowest BCUT2D eigenvalue weighted by molar-refractivity contribution is 0.0940. The first kappa shape index (κ1) is 16.2. The van der Waals surface area contributed by atoms with Crippen LogP contribution in [0.4, 0.5) is 0 Å². The Morgan fingerprint density at radius 2 is 1.90 bits per heavy atom. The summed E-state index contributed by atoms with van der Waals surface area (Å²) in [5.74, 6) is -0.0535. The van der Waals surface area contributed by atoms with Gasteiger partial charge in [0, 0.05) is 15.8 Å². The monoisotopic (exact) mass is 409 g/mol. The van der Waals surface area contributed by atoms with E-state index in [1.165, 1.54) is 5.56 Å². The summed E-state index contributed by atoms with van der Waals surface area (Å²) in [6.45, 7) is 2.00. The van der Waals surface area contributed by atoms with E-state index < -0.39 is 0 Å². The molecule has 0 spiro atoms. The van der Waals surface area contributed by atoms with Gasteiger partial charge in [-0.05, 0) is 52.5 Å². The number of carbonyl (C=O) groups is 1. The van der Waals surface area contributed by atoms with Crippen molar-refractivity contribution in [2.75, 3.05) is 5.33 Å². The smallest absolute Gasteiger partial charge is 0.252 e. The molecule has 0 aliphatic heterocycles. The first-order valence-corrected chi connectivity index (χ1v) is 8.68. The van der Waals surface area contributed by atoms with Crippen molar-refractivity contribution < 1.29 is 4.79 Å². The molecule has 0 aromatic heterocycles.